The summed E-state index contributed by atoms with van der Waals surface area (Å²) < 4.78 is 16.6. The van der Waals surface area contributed by atoms with Crippen LogP contribution in [0.15, 0.2) is 24.3 Å². The van der Waals surface area contributed by atoms with Crippen LogP contribution in [-0.4, -0.2) is 123 Å². The lowest BCUT2D eigenvalue weighted by atomic mass is 9.96. The smallest absolute Gasteiger partial charge is 0.319 e. The van der Waals surface area contributed by atoms with Crippen LogP contribution in [0.4, 0.5) is 16.2 Å². The van der Waals surface area contributed by atoms with Gasteiger partial charge in [0, 0.05) is 17.9 Å². The molecule has 10 N–H and O–H groups in total. The molecule has 2 aliphatic heterocycles. The highest BCUT2D eigenvalue weighted by molar-refractivity contribution is 5.89. The number of rotatable bonds is 14. The van der Waals surface area contributed by atoms with Crippen LogP contribution < -0.4 is 16.0 Å². The highest BCUT2D eigenvalue weighted by Crippen LogP contribution is 2.30. The largest absolute Gasteiger partial charge is 0.394 e. The number of anilines is 2. The summed E-state index contributed by atoms with van der Waals surface area (Å²) in [5.41, 5.74) is 1.03. The van der Waals surface area contributed by atoms with Crippen LogP contribution in [0.25, 0.3) is 0 Å². The highest BCUT2D eigenvalue weighted by atomic mass is 16.7. The number of ether oxygens (including phenoxy) is 3. The normalized spacial score (nSPS) is 33.8. The topological polar surface area (TPSA) is 222 Å². The van der Waals surface area contributed by atoms with Crippen molar-refractivity contribution in [1.29, 1.82) is 0 Å². The zero-order valence-corrected chi connectivity index (χ0v) is 23.2. The minimum absolute atomic E-state index is 0.315. The fraction of sp³-hybridized carbons (Fsp3) is 0.741. The molecule has 0 aliphatic carbocycles. The van der Waals surface area contributed by atoms with Crippen molar-refractivity contribution in [2.75, 3.05) is 30.4 Å². The number of unbranched alkanes of at least 4 members (excludes halogenated alkanes) is 5. The Morgan fingerprint density at radius 2 is 1.41 bits per heavy atom. The molecule has 3 rings (SSSR count). The molecule has 1 aromatic carbocycles. The van der Waals surface area contributed by atoms with E-state index >= 15 is 0 Å². The SMILES string of the molecule is CCCCCCCCNC(=O)Nc1ccc(N[C@@H]2OC(CO)[C@@H](O[C@@H]3OC(CO)[C@@H](O)[C@H](O)C3O)[C@H](O)C2O)cc1. The molecule has 1 aromatic rings. The third-order valence-electron chi connectivity index (χ3n) is 7.27. The molecule has 234 valence electrons. The number of aliphatic hydroxyl groups excluding tert-OH is 7. The quantitative estimate of drug-likeness (QED) is 0.121. The van der Waals surface area contributed by atoms with E-state index in [1.165, 1.54) is 19.3 Å². The van der Waals surface area contributed by atoms with Crippen LogP contribution in [0, 0.1) is 0 Å². The summed E-state index contributed by atoms with van der Waals surface area (Å²) in [6.07, 6.45) is -8.03. The lowest BCUT2D eigenvalue weighted by Gasteiger charge is -2.46. The number of nitrogens with one attached hydrogen (secondary N) is 3. The molecule has 14 heteroatoms. The molecule has 2 aliphatic rings. The van der Waals surface area contributed by atoms with Gasteiger partial charge in [0.1, 0.15) is 48.8 Å². The third-order valence-corrected chi connectivity index (χ3v) is 7.27. The van der Waals surface area contributed by atoms with Gasteiger partial charge in [-0.3, -0.25) is 0 Å². The van der Waals surface area contributed by atoms with Crippen molar-refractivity contribution in [1.82, 2.24) is 5.32 Å². The highest BCUT2D eigenvalue weighted by Gasteiger charge is 2.50. The van der Waals surface area contributed by atoms with E-state index in [1.807, 2.05) is 0 Å². The van der Waals surface area contributed by atoms with E-state index in [9.17, 15) is 40.5 Å². The Morgan fingerprint density at radius 1 is 0.780 bits per heavy atom. The second-order valence-electron chi connectivity index (χ2n) is 10.4. The summed E-state index contributed by atoms with van der Waals surface area (Å²) in [4.78, 5) is 12.1. The molecule has 0 saturated carbocycles. The van der Waals surface area contributed by atoms with Gasteiger partial charge in [0.05, 0.1) is 13.2 Å². The molecular weight excluding hydrogens is 542 g/mol. The van der Waals surface area contributed by atoms with Crippen molar-refractivity contribution < 1.29 is 54.8 Å². The molecule has 0 radical (unpaired) electrons. The first-order chi connectivity index (χ1) is 19.7. The van der Waals surface area contributed by atoms with Crippen LogP contribution in [0.3, 0.4) is 0 Å². The van der Waals surface area contributed by atoms with Crippen molar-refractivity contribution >= 4 is 17.4 Å². The Morgan fingerprint density at radius 3 is 2.07 bits per heavy atom. The summed E-state index contributed by atoms with van der Waals surface area (Å²) >= 11 is 0. The van der Waals surface area contributed by atoms with E-state index in [0.29, 0.717) is 17.9 Å². The number of aliphatic hydroxyl groups is 7. The van der Waals surface area contributed by atoms with Crippen LogP contribution >= 0.6 is 0 Å². The average Bonchev–Trinajstić information content (AvgIpc) is 2.97. The van der Waals surface area contributed by atoms with E-state index in [4.69, 9.17) is 14.2 Å². The Bertz CT molecular complexity index is 907. The predicted molar refractivity (Wildman–Crippen MR) is 147 cm³/mol. The first kappa shape index (κ1) is 33.4. The van der Waals surface area contributed by atoms with Gasteiger partial charge >= 0.3 is 6.03 Å². The van der Waals surface area contributed by atoms with Crippen LogP contribution in [0.1, 0.15) is 45.4 Å². The van der Waals surface area contributed by atoms with Gasteiger partial charge in [-0.25, -0.2) is 4.79 Å². The first-order valence-corrected chi connectivity index (χ1v) is 14.2. The van der Waals surface area contributed by atoms with Gasteiger partial charge in [0.15, 0.2) is 12.5 Å². The fourth-order valence-electron chi connectivity index (χ4n) is 4.81. The van der Waals surface area contributed by atoms with Gasteiger partial charge in [-0.05, 0) is 30.7 Å². The lowest BCUT2D eigenvalue weighted by molar-refractivity contribution is -0.340. The number of urea groups is 1. The van der Waals surface area contributed by atoms with Crippen molar-refractivity contribution in [2.45, 2.75) is 107 Å². The molecule has 2 saturated heterocycles. The second-order valence-corrected chi connectivity index (χ2v) is 10.4. The molecule has 0 aromatic heterocycles. The van der Waals surface area contributed by atoms with Crippen LogP contribution in [0.5, 0.6) is 0 Å². The predicted octanol–water partition coefficient (Wildman–Crippen LogP) is -0.795. The zero-order chi connectivity index (χ0) is 29.9. The van der Waals surface area contributed by atoms with Crippen molar-refractivity contribution in [3.8, 4) is 0 Å². The number of amides is 2. The maximum Gasteiger partial charge on any atom is 0.319 e. The molecule has 41 heavy (non-hydrogen) atoms. The second kappa shape index (κ2) is 16.5. The molecule has 4 unspecified atom stereocenters. The summed E-state index contributed by atoms with van der Waals surface area (Å²) in [6, 6.07) is 6.25. The molecule has 2 fully saturated rings. The monoisotopic (exact) mass is 587 g/mol. The summed E-state index contributed by atoms with van der Waals surface area (Å²) in [6.45, 7) is 1.44. The Kier molecular flexibility index (Phi) is 13.4. The minimum Gasteiger partial charge on any atom is -0.394 e. The minimum atomic E-state index is -1.74. The van der Waals surface area contributed by atoms with E-state index in [0.717, 1.165) is 19.3 Å². The van der Waals surface area contributed by atoms with Crippen LogP contribution in [0.2, 0.25) is 0 Å². The number of benzene rings is 1. The molecule has 0 spiro atoms. The maximum atomic E-state index is 12.1. The summed E-state index contributed by atoms with van der Waals surface area (Å²) in [5, 5.41) is 79.4. The Balaban J connectivity index is 1.50. The molecule has 2 heterocycles. The summed E-state index contributed by atoms with van der Waals surface area (Å²) in [7, 11) is 0. The Hall–Kier alpha value is -2.11. The van der Waals surface area contributed by atoms with Gasteiger partial charge in [-0.1, -0.05) is 39.0 Å². The van der Waals surface area contributed by atoms with E-state index in [-0.39, 0.29) is 6.03 Å². The van der Waals surface area contributed by atoms with Gasteiger partial charge in [0.2, 0.25) is 0 Å². The Labute approximate surface area is 239 Å². The van der Waals surface area contributed by atoms with Gasteiger partial charge in [0.25, 0.3) is 0 Å². The van der Waals surface area contributed by atoms with Gasteiger partial charge < -0.3 is 65.9 Å². The average molecular weight is 588 g/mol. The van der Waals surface area contributed by atoms with Crippen molar-refractivity contribution in [2.24, 2.45) is 0 Å². The third kappa shape index (κ3) is 9.19. The number of hydrogen-bond acceptors (Lipinski definition) is 12. The summed E-state index contributed by atoms with van der Waals surface area (Å²) in [5.74, 6) is 0. The first-order valence-electron chi connectivity index (χ1n) is 14.2. The van der Waals surface area contributed by atoms with E-state index in [1.54, 1.807) is 24.3 Å². The number of hydrogen-bond donors (Lipinski definition) is 10. The van der Waals surface area contributed by atoms with E-state index < -0.39 is 74.6 Å². The molecule has 14 nitrogen and oxygen atoms in total. The molecule has 2 amide bonds. The standard InChI is InChI=1S/C27H45N3O11/c1-2-3-4-5-6-7-12-28-27(38)30-16-10-8-15(9-11-16)29-25-22(36)21(35)24(18(14-32)39-25)41-26-23(37)20(34)19(33)17(13-31)40-26/h8-11,17-26,29,31-37H,2-7,12-14H2,1H3,(H2,28,30,38)/t17?,18?,19-,20+,21-,22?,23?,24-,25-,26+/m1/s1. The maximum absolute atomic E-state index is 12.1. The molecule has 0 bridgehead atoms. The van der Waals surface area contributed by atoms with Gasteiger partial charge in [-0.15, -0.1) is 0 Å². The van der Waals surface area contributed by atoms with Crippen molar-refractivity contribution in [3.05, 3.63) is 24.3 Å². The van der Waals surface area contributed by atoms with E-state index in [2.05, 4.69) is 22.9 Å². The molecular formula is C27H45N3O11. The lowest BCUT2D eigenvalue weighted by Crippen LogP contribution is -2.65. The van der Waals surface area contributed by atoms with Gasteiger partial charge in [-0.2, -0.15) is 0 Å². The fourth-order valence-corrected chi connectivity index (χ4v) is 4.81. The van der Waals surface area contributed by atoms with Crippen LogP contribution in [-0.2, 0) is 14.2 Å². The number of carbonyl (C=O) groups excluding carboxylic acids is 1. The number of carbonyl (C=O) groups is 1. The zero-order valence-electron chi connectivity index (χ0n) is 23.2. The molecule has 10 atom stereocenters. The van der Waals surface area contributed by atoms with Crippen molar-refractivity contribution in [3.63, 3.8) is 0 Å².